The first-order chi connectivity index (χ1) is 7.91. The summed E-state index contributed by atoms with van der Waals surface area (Å²) in [6, 6.07) is 4.97. The molecule has 0 atom stereocenters. The smallest absolute Gasteiger partial charge is 0.329 e. The van der Waals surface area contributed by atoms with Gasteiger partial charge >= 0.3 is 5.97 Å². The molecule has 0 unspecified atom stereocenters. The maximum absolute atomic E-state index is 12.1. The fourth-order valence-electron chi connectivity index (χ4n) is 1.54. The van der Waals surface area contributed by atoms with Crippen molar-refractivity contribution in [1.82, 2.24) is 9.88 Å². The minimum Gasteiger partial charge on any atom is -0.480 e. The van der Waals surface area contributed by atoms with Crippen LogP contribution in [0.4, 0.5) is 0 Å². The molecule has 1 N–H and O–H groups in total. The molecular formula is C12H16N2O3. The molecule has 1 heterocycles. The van der Waals surface area contributed by atoms with E-state index < -0.39 is 11.5 Å². The van der Waals surface area contributed by atoms with Crippen LogP contribution < -0.4 is 0 Å². The zero-order valence-corrected chi connectivity index (χ0v) is 10.2. The molecule has 17 heavy (non-hydrogen) atoms. The van der Waals surface area contributed by atoms with Crippen LogP contribution in [-0.4, -0.2) is 39.0 Å². The van der Waals surface area contributed by atoms with Crippen LogP contribution >= 0.6 is 0 Å². The fourth-order valence-corrected chi connectivity index (χ4v) is 1.54. The van der Waals surface area contributed by atoms with Gasteiger partial charge in [-0.2, -0.15) is 0 Å². The normalized spacial score (nSPS) is 11.0. The maximum atomic E-state index is 12.1. The summed E-state index contributed by atoms with van der Waals surface area (Å²) in [5, 5.41) is 9.12. The van der Waals surface area contributed by atoms with Crippen LogP contribution in [0.3, 0.4) is 0 Å². The first-order valence-corrected chi connectivity index (χ1v) is 5.37. The summed E-state index contributed by atoms with van der Waals surface area (Å²) >= 11 is 0. The molecule has 1 amide bonds. The van der Waals surface area contributed by atoms with Crippen molar-refractivity contribution in [2.45, 2.75) is 26.3 Å². The Kier molecular flexibility index (Phi) is 3.83. The summed E-state index contributed by atoms with van der Waals surface area (Å²) in [7, 11) is 0. The minimum atomic E-state index is -1.25. The van der Waals surface area contributed by atoms with Crippen molar-refractivity contribution >= 4 is 11.9 Å². The zero-order valence-electron chi connectivity index (χ0n) is 10.2. The highest BCUT2D eigenvalue weighted by molar-refractivity contribution is 5.96. The number of pyridine rings is 1. The topological polar surface area (TPSA) is 70.5 Å². The van der Waals surface area contributed by atoms with E-state index in [0.29, 0.717) is 6.54 Å². The van der Waals surface area contributed by atoms with Crippen molar-refractivity contribution in [1.29, 1.82) is 0 Å². The quantitative estimate of drug-likeness (QED) is 0.858. The van der Waals surface area contributed by atoms with Crippen molar-refractivity contribution in [3.63, 3.8) is 0 Å². The minimum absolute atomic E-state index is 0.253. The Balaban J connectivity index is 3.05. The Morgan fingerprint density at radius 3 is 2.47 bits per heavy atom. The average molecular weight is 236 g/mol. The number of aromatic nitrogens is 1. The number of nitrogens with zero attached hydrogens (tertiary/aromatic N) is 2. The van der Waals surface area contributed by atoms with Crippen molar-refractivity contribution in [3.8, 4) is 0 Å². The van der Waals surface area contributed by atoms with Crippen molar-refractivity contribution in [3.05, 3.63) is 30.1 Å². The molecule has 1 rings (SSSR count). The summed E-state index contributed by atoms with van der Waals surface area (Å²) < 4.78 is 0. The summed E-state index contributed by atoms with van der Waals surface area (Å²) in [5.41, 5.74) is -0.993. The first kappa shape index (κ1) is 13.2. The highest BCUT2D eigenvalue weighted by Gasteiger charge is 2.37. The maximum Gasteiger partial charge on any atom is 0.329 e. The number of likely N-dealkylation sites (N-methyl/N-ethyl adjacent to an activating group) is 1. The number of hydrogen-bond acceptors (Lipinski definition) is 3. The standard InChI is InChI=1S/C12H16N2O3/c1-4-14(12(2,3)11(16)17)10(15)9-7-5-6-8-13-9/h5-8H,4H2,1-3H3,(H,16,17). The van der Waals surface area contributed by atoms with Crippen molar-refractivity contribution in [2.75, 3.05) is 6.54 Å². The van der Waals surface area contributed by atoms with Gasteiger partial charge in [-0.15, -0.1) is 0 Å². The van der Waals surface area contributed by atoms with E-state index in [9.17, 15) is 9.59 Å². The second-order valence-corrected chi connectivity index (χ2v) is 4.13. The van der Waals surface area contributed by atoms with Gasteiger partial charge in [0, 0.05) is 12.7 Å². The SMILES string of the molecule is CCN(C(=O)c1ccccn1)C(C)(C)C(=O)O. The Morgan fingerprint density at radius 1 is 1.41 bits per heavy atom. The molecule has 0 saturated heterocycles. The highest BCUT2D eigenvalue weighted by Crippen LogP contribution is 2.17. The number of amides is 1. The molecule has 1 aromatic heterocycles. The number of hydrogen-bond donors (Lipinski definition) is 1. The Hall–Kier alpha value is -1.91. The number of rotatable bonds is 4. The van der Waals surface area contributed by atoms with Gasteiger partial charge in [-0.1, -0.05) is 6.07 Å². The Morgan fingerprint density at radius 2 is 2.06 bits per heavy atom. The van der Waals surface area contributed by atoms with E-state index >= 15 is 0 Å². The van der Waals surface area contributed by atoms with Gasteiger partial charge in [0.2, 0.25) is 0 Å². The van der Waals surface area contributed by atoms with E-state index in [4.69, 9.17) is 5.11 Å². The summed E-state index contributed by atoms with van der Waals surface area (Å²) in [4.78, 5) is 28.5. The number of carboxylic acid groups (broad SMARTS) is 1. The summed E-state index contributed by atoms with van der Waals surface area (Å²) in [6.07, 6.45) is 1.51. The lowest BCUT2D eigenvalue weighted by Gasteiger charge is -2.33. The van der Waals surface area contributed by atoms with Crippen LogP contribution in [0, 0.1) is 0 Å². The predicted octanol–water partition coefficient (Wildman–Crippen LogP) is 1.41. The van der Waals surface area contributed by atoms with E-state index in [2.05, 4.69) is 4.98 Å². The second-order valence-electron chi connectivity index (χ2n) is 4.13. The molecule has 5 heteroatoms. The Bertz CT molecular complexity index is 415. The van der Waals surface area contributed by atoms with Crippen LogP contribution in [-0.2, 0) is 4.79 Å². The van der Waals surface area contributed by atoms with Gasteiger partial charge < -0.3 is 10.0 Å². The number of carbonyl (C=O) groups is 2. The van der Waals surface area contributed by atoms with Crippen LogP contribution in [0.5, 0.6) is 0 Å². The second kappa shape index (κ2) is 4.95. The molecule has 0 aliphatic rings. The third-order valence-electron chi connectivity index (χ3n) is 2.64. The van der Waals surface area contributed by atoms with Crippen LogP contribution in [0.15, 0.2) is 24.4 Å². The van der Waals surface area contributed by atoms with E-state index in [1.165, 1.54) is 24.9 Å². The largest absolute Gasteiger partial charge is 0.480 e. The number of carboxylic acids is 1. The highest BCUT2D eigenvalue weighted by atomic mass is 16.4. The lowest BCUT2D eigenvalue weighted by molar-refractivity contribution is -0.147. The van der Waals surface area contributed by atoms with Crippen LogP contribution in [0.2, 0.25) is 0 Å². The average Bonchev–Trinajstić information content (AvgIpc) is 2.30. The first-order valence-electron chi connectivity index (χ1n) is 5.37. The lowest BCUT2D eigenvalue weighted by Crippen LogP contribution is -2.53. The number of carbonyl (C=O) groups excluding carboxylic acids is 1. The molecule has 0 bridgehead atoms. The van der Waals surface area contributed by atoms with Gasteiger partial charge in [0.05, 0.1) is 0 Å². The van der Waals surface area contributed by atoms with Gasteiger partial charge in [-0.25, -0.2) is 4.79 Å². The van der Waals surface area contributed by atoms with Gasteiger partial charge in [0.1, 0.15) is 11.2 Å². The molecule has 0 radical (unpaired) electrons. The van der Waals surface area contributed by atoms with E-state index in [-0.39, 0.29) is 11.6 Å². The molecule has 92 valence electrons. The molecule has 0 fully saturated rings. The van der Waals surface area contributed by atoms with E-state index in [1.54, 1.807) is 25.1 Å². The summed E-state index contributed by atoms with van der Waals surface area (Å²) in [6.45, 7) is 5.06. The molecule has 0 aliphatic carbocycles. The number of aliphatic carboxylic acids is 1. The van der Waals surface area contributed by atoms with Crippen molar-refractivity contribution < 1.29 is 14.7 Å². The van der Waals surface area contributed by atoms with E-state index in [1.807, 2.05) is 0 Å². The molecule has 0 aliphatic heterocycles. The zero-order chi connectivity index (χ0) is 13.1. The lowest BCUT2D eigenvalue weighted by atomic mass is 10.0. The van der Waals surface area contributed by atoms with Gasteiger partial charge in [-0.05, 0) is 32.9 Å². The van der Waals surface area contributed by atoms with E-state index in [0.717, 1.165) is 0 Å². The van der Waals surface area contributed by atoms with Gasteiger partial charge in [0.15, 0.2) is 0 Å². The van der Waals surface area contributed by atoms with Crippen LogP contribution in [0.25, 0.3) is 0 Å². The molecule has 1 aromatic rings. The molecule has 0 saturated carbocycles. The molecule has 5 nitrogen and oxygen atoms in total. The van der Waals surface area contributed by atoms with Gasteiger partial charge in [-0.3, -0.25) is 9.78 Å². The monoisotopic (exact) mass is 236 g/mol. The molecule has 0 spiro atoms. The summed E-state index contributed by atoms with van der Waals surface area (Å²) in [5.74, 6) is -1.41. The van der Waals surface area contributed by atoms with Crippen LogP contribution in [0.1, 0.15) is 31.3 Å². The fraction of sp³-hybridized carbons (Fsp3) is 0.417. The predicted molar refractivity (Wildman–Crippen MR) is 62.7 cm³/mol. The van der Waals surface area contributed by atoms with Gasteiger partial charge in [0.25, 0.3) is 5.91 Å². The molecule has 0 aromatic carbocycles. The van der Waals surface area contributed by atoms with Crippen molar-refractivity contribution in [2.24, 2.45) is 0 Å². The molecular weight excluding hydrogens is 220 g/mol. The Labute approximate surface area is 100 Å². The third kappa shape index (κ3) is 2.61. The third-order valence-corrected chi connectivity index (χ3v) is 2.64.